The molecule has 1 heterocycles. The lowest BCUT2D eigenvalue weighted by Gasteiger charge is -2.38. The number of aliphatic hydroxyl groups is 1. The Morgan fingerprint density at radius 3 is 2.19 bits per heavy atom. The molecule has 0 amide bonds. The van der Waals surface area contributed by atoms with E-state index >= 15 is 0 Å². The van der Waals surface area contributed by atoms with Crippen molar-refractivity contribution in [3.8, 4) is 0 Å². The van der Waals surface area contributed by atoms with Gasteiger partial charge in [0.15, 0.2) is 0 Å². The first-order chi connectivity index (χ1) is 7.26. The number of β-amino-alcohol motifs (C(OH)–C–C–N with tert-alkyl or cyclic N) is 1. The summed E-state index contributed by atoms with van der Waals surface area (Å²) in [5.74, 6) is 0. The zero-order chi connectivity index (χ0) is 12.5. The van der Waals surface area contributed by atoms with Crippen LogP contribution in [-0.4, -0.2) is 83.6 Å². The van der Waals surface area contributed by atoms with Crippen LogP contribution in [0.25, 0.3) is 0 Å². The first-order valence-electron chi connectivity index (χ1n) is 5.19. The molecule has 1 aliphatic rings. The van der Waals surface area contributed by atoms with Crippen molar-refractivity contribution >= 4 is 23.2 Å². The number of alkyl halides is 2. The third kappa shape index (κ3) is 2.98. The van der Waals surface area contributed by atoms with Gasteiger partial charge in [-0.15, -0.1) is 0 Å². The topological polar surface area (TPSA) is 33.2 Å². The summed E-state index contributed by atoms with van der Waals surface area (Å²) in [6.45, 7) is 1.84. The largest absolute Gasteiger partial charge is 0.376 e. The number of hydrogen-bond acceptors (Lipinski definition) is 5. The van der Waals surface area contributed by atoms with Gasteiger partial charge in [0, 0.05) is 33.7 Å². The molecule has 1 aliphatic heterocycles. The Morgan fingerprint density at radius 1 is 1.06 bits per heavy atom. The van der Waals surface area contributed by atoms with Crippen LogP contribution in [-0.2, 0) is 0 Å². The van der Waals surface area contributed by atoms with Crippen LogP contribution in [0.4, 0.5) is 0 Å². The van der Waals surface area contributed by atoms with Gasteiger partial charge in [-0.1, -0.05) is 23.2 Å². The van der Waals surface area contributed by atoms with E-state index in [1.165, 1.54) is 0 Å². The Bertz CT molecular complexity index is 242. The van der Waals surface area contributed by atoms with Crippen molar-refractivity contribution in [3.05, 3.63) is 0 Å². The zero-order valence-electron chi connectivity index (χ0n) is 10.2. The van der Waals surface area contributed by atoms with Crippen molar-refractivity contribution in [2.75, 3.05) is 47.8 Å². The standard InChI is InChI=1S/C9H20Cl2N4O/c1-12-5-6-14(3)15(4)8(16)7-13(2)9(12,10)11/h8,16H,5-7H2,1-4H3. The SMILES string of the molecule is CN1CCN(C)C(Cl)(Cl)N(C)CC(O)N1C. The van der Waals surface area contributed by atoms with Crippen molar-refractivity contribution in [2.24, 2.45) is 0 Å². The number of nitrogens with zero attached hydrogens (tertiary/aromatic N) is 4. The Hall–Kier alpha value is 0.380. The number of rotatable bonds is 0. The zero-order valence-corrected chi connectivity index (χ0v) is 11.7. The minimum absolute atomic E-state index is 0.373. The number of hydrogen-bond donors (Lipinski definition) is 1. The van der Waals surface area contributed by atoms with Gasteiger partial charge in [0.1, 0.15) is 6.23 Å². The van der Waals surface area contributed by atoms with Gasteiger partial charge >= 0.3 is 0 Å². The number of halogens is 2. The normalized spacial score (nSPS) is 32.1. The van der Waals surface area contributed by atoms with Gasteiger partial charge in [0.2, 0.25) is 4.58 Å². The maximum Gasteiger partial charge on any atom is 0.229 e. The molecule has 1 atom stereocenters. The highest BCUT2D eigenvalue weighted by atomic mass is 35.5. The molecule has 0 spiro atoms. The van der Waals surface area contributed by atoms with Crippen molar-refractivity contribution in [2.45, 2.75) is 10.8 Å². The average molecular weight is 271 g/mol. The van der Waals surface area contributed by atoms with Gasteiger partial charge in [0.05, 0.1) is 0 Å². The van der Waals surface area contributed by atoms with Crippen molar-refractivity contribution in [1.29, 1.82) is 0 Å². The summed E-state index contributed by atoms with van der Waals surface area (Å²) < 4.78 is -1.09. The molecule has 0 aromatic carbocycles. The molecule has 0 radical (unpaired) electrons. The fraction of sp³-hybridized carbons (Fsp3) is 1.00. The molecule has 0 aromatic rings. The second-order valence-corrected chi connectivity index (χ2v) is 5.49. The van der Waals surface area contributed by atoms with Crippen LogP contribution in [0, 0.1) is 0 Å². The maximum atomic E-state index is 9.97. The lowest BCUT2D eigenvalue weighted by molar-refractivity contribution is -0.113. The summed E-state index contributed by atoms with van der Waals surface area (Å²) in [5, 5.41) is 13.7. The average Bonchev–Trinajstić information content (AvgIpc) is 2.24. The predicted octanol–water partition coefficient (Wildman–Crippen LogP) is 0.0495. The second kappa shape index (κ2) is 5.35. The van der Waals surface area contributed by atoms with E-state index in [1.54, 1.807) is 17.0 Å². The van der Waals surface area contributed by atoms with Gasteiger partial charge in [-0.05, 0) is 14.1 Å². The number of aliphatic hydroxyl groups excluding tert-OH is 1. The molecule has 0 bridgehead atoms. The highest BCUT2D eigenvalue weighted by Gasteiger charge is 2.37. The lowest BCUT2D eigenvalue weighted by Crippen LogP contribution is -2.52. The molecular weight excluding hydrogens is 251 g/mol. The van der Waals surface area contributed by atoms with Crippen molar-refractivity contribution in [1.82, 2.24) is 19.8 Å². The smallest absolute Gasteiger partial charge is 0.229 e. The molecule has 1 fully saturated rings. The molecule has 1 saturated heterocycles. The Labute approximate surface area is 107 Å². The quantitative estimate of drug-likeness (QED) is 0.497. The highest BCUT2D eigenvalue weighted by Crippen LogP contribution is 2.29. The molecule has 0 aromatic heterocycles. The lowest BCUT2D eigenvalue weighted by atomic mass is 10.5. The summed E-state index contributed by atoms with van der Waals surface area (Å²) in [7, 11) is 7.42. The van der Waals surface area contributed by atoms with Crippen LogP contribution in [0.3, 0.4) is 0 Å². The fourth-order valence-corrected chi connectivity index (χ4v) is 1.89. The third-order valence-electron chi connectivity index (χ3n) is 3.08. The Morgan fingerprint density at radius 2 is 1.62 bits per heavy atom. The fourth-order valence-electron chi connectivity index (χ4n) is 1.58. The highest BCUT2D eigenvalue weighted by molar-refractivity contribution is 6.47. The second-order valence-electron chi connectivity index (χ2n) is 4.25. The van der Waals surface area contributed by atoms with E-state index in [4.69, 9.17) is 23.2 Å². The minimum atomic E-state index is -1.09. The predicted molar refractivity (Wildman–Crippen MR) is 66.1 cm³/mol. The summed E-state index contributed by atoms with van der Waals surface area (Å²) >= 11 is 12.5. The van der Waals surface area contributed by atoms with Gasteiger partial charge < -0.3 is 5.11 Å². The molecule has 1 rings (SSSR count). The van der Waals surface area contributed by atoms with Crippen LogP contribution in [0.2, 0.25) is 0 Å². The van der Waals surface area contributed by atoms with E-state index in [0.29, 0.717) is 13.1 Å². The van der Waals surface area contributed by atoms with Crippen LogP contribution in [0.1, 0.15) is 0 Å². The Kier molecular flexibility index (Phi) is 4.83. The van der Waals surface area contributed by atoms with Crippen LogP contribution >= 0.6 is 23.2 Å². The maximum absolute atomic E-state index is 9.97. The molecule has 1 N–H and O–H groups in total. The van der Waals surface area contributed by atoms with Crippen molar-refractivity contribution in [3.63, 3.8) is 0 Å². The first kappa shape index (κ1) is 14.4. The minimum Gasteiger partial charge on any atom is -0.376 e. The molecule has 5 nitrogen and oxygen atoms in total. The van der Waals surface area contributed by atoms with Gasteiger partial charge in [-0.25, -0.2) is 10.0 Å². The van der Waals surface area contributed by atoms with Crippen molar-refractivity contribution < 1.29 is 5.11 Å². The molecular formula is C9H20Cl2N4O. The van der Waals surface area contributed by atoms with E-state index in [9.17, 15) is 5.11 Å². The molecule has 0 aliphatic carbocycles. The van der Waals surface area contributed by atoms with Gasteiger partial charge in [-0.2, -0.15) is 0 Å². The van der Waals surface area contributed by atoms with E-state index in [0.717, 1.165) is 6.54 Å². The summed E-state index contributed by atoms with van der Waals surface area (Å²) in [6, 6.07) is 0. The van der Waals surface area contributed by atoms with Gasteiger partial charge in [0.25, 0.3) is 0 Å². The van der Waals surface area contributed by atoms with Crippen LogP contribution in [0.5, 0.6) is 0 Å². The van der Waals surface area contributed by atoms with E-state index in [1.807, 2.05) is 31.1 Å². The van der Waals surface area contributed by atoms with Crippen LogP contribution in [0.15, 0.2) is 0 Å². The molecule has 7 heteroatoms. The monoisotopic (exact) mass is 270 g/mol. The van der Waals surface area contributed by atoms with Gasteiger partial charge in [-0.3, -0.25) is 9.80 Å². The summed E-state index contributed by atoms with van der Waals surface area (Å²) in [5.41, 5.74) is 0. The van der Waals surface area contributed by atoms with Crippen LogP contribution < -0.4 is 0 Å². The molecule has 1 unspecified atom stereocenters. The Balaban J connectivity index is 2.85. The van der Waals surface area contributed by atoms with E-state index in [2.05, 4.69) is 0 Å². The third-order valence-corrected chi connectivity index (χ3v) is 4.24. The van der Waals surface area contributed by atoms with E-state index < -0.39 is 10.8 Å². The summed E-state index contributed by atoms with van der Waals surface area (Å²) in [6.07, 6.45) is -0.627. The molecule has 0 saturated carbocycles. The molecule has 16 heavy (non-hydrogen) atoms. The first-order valence-corrected chi connectivity index (χ1v) is 5.94. The van der Waals surface area contributed by atoms with E-state index in [-0.39, 0.29) is 0 Å². The number of hydrazine groups is 1. The number of likely N-dealkylation sites (N-methyl/N-ethyl adjacent to an activating group) is 4. The summed E-state index contributed by atoms with van der Waals surface area (Å²) in [4.78, 5) is 3.56. The molecule has 96 valence electrons.